The highest BCUT2D eigenvalue weighted by Crippen LogP contribution is 2.49. The van der Waals surface area contributed by atoms with E-state index in [4.69, 9.17) is 0 Å². The minimum absolute atomic E-state index is 0.140. The second kappa shape index (κ2) is 7.83. The Morgan fingerprint density at radius 3 is 2.34 bits per heavy atom. The summed E-state index contributed by atoms with van der Waals surface area (Å²) in [6.07, 6.45) is 3.26. The molecule has 32 heavy (non-hydrogen) atoms. The summed E-state index contributed by atoms with van der Waals surface area (Å²) in [7, 11) is 0. The van der Waals surface area contributed by atoms with Crippen molar-refractivity contribution in [3.8, 4) is 0 Å². The molecule has 0 saturated heterocycles. The smallest absolute Gasteiger partial charge is 0.279 e. The number of hydrogen-bond donors (Lipinski definition) is 1. The first kappa shape index (κ1) is 20.3. The first-order valence-corrected chi connectivity index (χ1v) is 11.3. The summed E-state index contributed by atoms with van der Waals surface area (Å²) < 4.78 is 0. The van der Waals surface area contributed by atoms with Crippen LogP contribution in [0.1, 0.15) is 48.2 Å². The van der Waals surface area contributed by atoms with Crippen LogP contribution in [0.25, 0.3) is 0 Å². The van der Waals surface area contributed by atoms with E-state index in [1.807, 2.05) is 67.6 Å². The molecule has 1 N–H and O–H groups in total. The molecule has 0 aromatic heterocycles. The van der Waals surface area contributed by atoms with Crippen LogP contribution in [-0.2, 0) is 16.9 Å². The molecule has 5 rings (SSSR count). The van der Waals surface area contributed by atoms with E-state index in [9.17, 15) is 9.59 Å². The maximum absolute atomic E-state index is 14.0. The highest BCUT2D eigenvalue weighted by molar-refractivity contribution is 6.22. The van der Waals surface area contributed by atoms with Crippen molar-refractivity contribution < 1.29 is 9.59 Å². The molecule has 0 bridgehead atoms. The van der Waals surface area contributed by atoms with Gasteiger partial charge < -0.3 is 10.2 Å². The van der Waals surface area contributed by atoms with E-state index in [0.29, 0.717) is 23.5 Å². The van der Waals surface area contributed by atoms with E-state index in [2.05, 4.69) is 24.4 Å². The third-order valence-corrected chi connectivity index (χ3v) is 6.48. The lowest BCUT2D eigenvalue weighted by Crippen LogP contribution is -2.63. The summed E-state index contributed by atoms with van der Waals surface area (Å²) in [5.41, 5.74) is 3.49. The fourth-order valence-corrected chi connectivity index (χ4v) is 4.89. The fourth-order valence-electron chi connectivity index (χ4n) is 4.89. The molecule has 1 spiro atoms. The van der Waals surface area contributed by atoms with Crippen molar-refractivity contribution in [1.29, 1.82) is 0 Å². The average Bonchev–Trinajstić information content (AvgIpc) is 3.06. The number of rotatable bonds is 5. The molecular formula is C27H27N3O2. The lowest BCUT2D eigenvalue weighted by Gasteiger charge is -2.45. The maximum Gasteiger partial charge on any atom is 0.279 e. The number of likely N-dealkylation sites (N-methyl/N-ethyl adjacent to an activating group) is 1. The van der Waals surface area contributed by atoms with Gasteiger partial charge in [-0.1, -0.05) is 55.8 Å². The highest BCUT2D eigenvalue weighted by Gasteiger charge is 2.59. The van der Waals surface area contributed by atoms with Crippen LogP contribution in [0.2, 0.25) is 0 Å². The van der Waals surface area contributed by atoms with Gasteiger partial charge in [0.05, 0.1) is 11.3 Å². The molecule has 0 aliphatic carbocycles. The molecule has 1 unspecified atom stereocenters. The van der Waals surface area contributed by atoms with E-state index < -0.39 is 5.66 Å². The van der Waals surface area contributed by atoms with Crippen molar-refractivity contribution in [2.24, 2.45) is 0 Å². The van der Waals surface area contributed by atoms with E-state index in [1.165, 1.54) is 5.56 Å². The number of amides is 2. The van der Waals surface area contributed by atoms with E-state index in [-0.39, 0.29) is 11.8 Å². The molecule has 0 fully saturated rings. The molecule has 2 aliphatic heterocycles. The number of nitrogens with zero attached hydrogens (tertiary/aromatic N) is 2. The first-order chi connectivity index (χ1) is 15.6. The lowest BCUT2D eigenvalue weighted by atomic mass is 9.92. The molecular weight excluding hydrogens is 398 g/mol. The third-order valence-electron chi connectivity index (χ3n) is 6.48. The van der Waals surface area contributed by atoms with Crippen LogP contribution < -0.4 is 15.1 Å². The van der Waals surface area contributed by atoms with Crippen LogP contribution in [0.4, 0.5) is 17.1 Å². The molecule has 5 heteroatoms. The number of benzene rings is 3. The van der Waals surface area contributed by atoms with Crippen molar-refractivity contribution in [1.82, 2.24) is 0 Å². The number of para-hydroxylation sites is 2. The molecule has 0 radical (unpaired) electrons. The van der Waals surface area contributed by atoms with Gasteiger partial charge in [0.1, 0.15) is 0 Å². The van der Waals surface area contributed by atoms with E-state index in [0.717, 1.165) is 30.5 Å². The van der Waals surface area contributed by atoms with Gasteiger partial charge in [0, 0.05) is 23.5 Å². The van der Waals surface area contributed by atoms with Crippen LogP contribution in [0.15, 0.2) is 72.8 Å². The van der Waals surface area contributed by atoms with E-state index in [1.54, 1.807) is 9.80 Å². The number of nitrogens with one attached hydrogen (secondary N) is 1. The van der Waals surface area contributed by atoms with Crippen LogP contribution in [0.5, 0.6) is 0 Å². The second-order valence-corrected chi connectivity index (χ2v) is 8.36. The van der Waals surface area contributed by atoms with Gasteiger partial charge in [0.15, 0.2) is 0 Å². The zero-order chi connectivity index (χ0) is 22.3. The van der Waals surface area contributed by atoms with Crippen molar-refractivity contribution in [2.75, 3.05) is 21.7 Å². The van der Waals surface area contributed by atoms with Crippen molar-refractivity contribution >= 4 is 28.9 Å². The zero-order valence-electron chi connectivity index (χ0n) is 18.5. The lowest BCUT2D eigenvalue weighted by molar-refractivity contribution is -0.122. The predicted octanol–water partition coefficient (Wildman–Crippen LogP) is 5.32. The summed E-state index contributed by atoms with van der Waals surface area (Å²) >= 11 is 0. The van der Waals surface area contributed by atoms with Crippen molar-refractivity contribution in [3.63, 3.8) is 0 Å². The molecule has 3 aromatic rings. The standard InChI is InChI=1S/C27H27N3O2/c1-3-5-10-19-15-17-20(18-16-19)30-25(31)21-11-6-8-13-23(21)28-27(30)22-12-7-9-14-24(22)29(4-2)26(27)32/h6-9,11-18,28H,3-5,10H2,1-2H3. The monoisotopic (exact) mass is 425 g/mol. The summed E-state index contributed by atoms with van der Waals surface area (Å²) in [6.45, 7) is 4.66. The fraction of sp³-hybridized carbons (Fsp3) is 0.259. The average molecular weight is 426 g/mol. The Morgan fingerprint density at radius 2 is 1.59 bits per heavy atom. The summed E-state index contributed by atoms with van der Waals surface area (Å²) in [5.74, 6) is -0.319. The van der Waals surface area contributed by atoms with Gasteiger partial charge in [-0.05, 0) is 55.7 Å². The van der Waals surface area contributed by atoms with Crippen molar-refractivity contribution in [3.05, 3.63) is 89.5 Å². The van der Waals surface area contributed by atoms with Gasteiger partial charge in [-0.25, -0.2) is 0 Å². The van der Waals surface area contributed by atoms with Crippen LogP contribution in [-0.4, -0.2) is 18.4 Å². The molecule has 2 aliphatic rings. The van der Waals surface area contributed by atoms with Gasteiger partial charge in [-0.15, -0.1) is 0 Å². The number of hydrogen-bond acceptors (Lipinski definition) is 3. The van der Waals surface area contributed by atoms with Crippen LogP contribution in [0.3, 0.4) is 0 Å². The summed E-state index contributed by atoms with van der Waals surface area (Å²) in [4.78, 5) is 31.3. The molecule has 0 saturated carbocycles. The third kappa shape index (κ3) is 2.84. The number of fused-ring (bicyclic) bond motifs is 3. The van der Waals surface area contributed by atoms with Gasteiger partial charge >= 0.3 is 0 Å². The minimum atomic E-state index is -1.32. The number of carbonyl (C=O) groups excluding carboxylic acids is 2. The van der Waals surface area contributed by atoms with Gasteiger partial charge in [-0.3, -0.25) is 14.5 Å². The quantitative estimate of drug-likeness (QED) is 0.602. The van der Waals surface area contributed by atoms with Crippen LogP contribution in [0, 0.1) is 0 Å². The van der Waals surface area contributed by atoms with Gasteiger partial charge in [0.2, 0.25) is 5.66 Å². The normalized spacial score (nSPS) is 19.2. The Kier molecular flexibility index (Phi) is 4.97. The Balaban J connectivity index is 1.71. The number of anilines is 3. The zero-order valence-corrected chi connectivity index (χ0v) is 18.5. The number of aryl methyl sites for hydroxylation is 1. The number of carbonyl (C=O) groups is 2. The number of unbranched alkanes of at least 4 members (excludes halogenated alkanes) is 1. The molecule has 162 valence electrons. The Bertz CT molecular complexity index is 1190. The topological polar surface area (TPSA) is 52.7 Å². The molecule has 2 amide bonds. The summed E-state index contributed by atoms with van der Waals surface area (Å²) in [6, 6.07) is 23.2. The van der Waals surface area contributed by atoms with Crippen molar-refractivity contribution in [2.45, 2.75) is 38.8 Å². The molecule has 3 aromatic carbocycles. The summed E-state index contributed by atoms with van der Waals surface area (Å²) in [5, 5.41) is 3.48. The first-order valence-electron chi connectivity index (χ1n) is 11.3. The second-order valence-electron chi connectivity index (χ2n) is 8.36. The predicted molar refractivity (Wildman–Crippen MR) is 128 cm³/mol. The van der Waals surface area contributed by atoms with Crippen LogP contribution >= 0.6 is 0 Å². The maximum atomic E-state index is 14.0. The Labute approximate surface area is 188 Å². The van der Waals surface area contributed by atoms with E-state index >= 15 is 0 Å². The SMILES string of the molecule is CCCCc1ccc(N2C(=O)c3ccccc3NC23C(=O)N(CC)c2ccccc23)cc1. The molecule has 1 atom stereocenters. The van der Waals surface area contributed by atoms with Gasteiger partial charge in [-0.2, -0.15) is 0 Å². The molecule has 2 heterocycles. The van der Waals surface area contributed by atoms with Gasteiger partial charge in [0.25, 0.3) is 11.8 Å². The highest BCUT2D eigenvalue weighted by atomic mass is 16.2. The minimum Gasteiger partial charge on any atom is -0.350 e. The Morgan fingerprint density at radius 1 is 0.875 bits per heavy atom. The largest absolute Gasteiger partial charge is 0.350 e. The molecule has 5 nitrogen and oxygen atoms in total. The Hall–Kier alpha value is -3.60.